The van der Waals surface area contributed by atoms with Crippen LogP contribution in [0.25, 0.3) is 0 Å². The van der Waals surface area contributed by atoms with E-state index in [2.05, 4.69) is 11.9 Å². The summed E-state index contributed by atoms with van der Waals surface area (Å²) in [6.45, 7) is 5.93. The van der Waals surface area contributed by atoms with Gasteiger partial charge in [-0.2, -0.15) is 0 Å². The van der Waals surface area contributed by atoms with Gasteiger partial charge in [0.25, 0.3) is 0 Å². The van der Waals surface area contributed by atoms with Crippen molar-refractivity contribution in [3.8, 4) is 5.75 Å². The van der Waals surface area contributed by atoms with Gasteiger partial charge in [-0.25, -0.2) is 5.32 Å². The summed E-state index contributed by atoms with van der Waals surface area (Å²) < 4.78 is 7.39. The lowest BCUT2D eigenvalue weighted by Gasteiger charge is -2.07. The lowest BCUT2D eigenvalue weighted by atomic mass is 10.2. The first-order valence-electron chi connectivity index (χ1n) is 5.32. The molecule has 0 amide bonds. The Labute approximate surface area is 107 Å². The molecular formula is C13H18ClN2O+. The molecule has 4 heteroatoms. The van der Waals surface area contributed by atoms with Crippen LogP contribution in [0.4, 0.5) is 5.69 Å². The monoisotopic (exact) mass is 253 g/mol. The highest BCUT2D eigenvalue weighted by Crippen LogP contribution is 2.21. The molecule has 0 bridgehead atoms. The Morgan fingerprint density at radius 3 is 2.76 bits per heavy atom. The van der Waals surface area contributed by atoms with Crippen molar-refractivity contribution in [3.05, 3.63) is 35.4 Å². The second kappa shape index (κ2) is 6.30. The lowest BCUT2D eigenvalue weighted by molar-refractivity contribution is -0.459. The van der Waals surface area contributed by atoms with Gasteiger partial charge < -0.3 is 4.74 Å². The van der Waals surface area contributed by atoms with Crippen LogP contribution in [-0.4, -0.2) is 31.6 Å². The van der Waals surface area contributed by atoms with Crippen LogP contribution in [0, 0.1) is 6.92 Å². The number of benzene rings is 1. The Morgan fingerprint density at radius 1 is 1.53 bits per heavy atom. The molecule has 0 saturated heterocycles. The van der Waals surface area contributed by atoms with Gasteiger partial charge in [-0.15, -0.1) is 0 Å². The number of ether oxygens (including phenoxy) is 1. The fourth-order valence-electron chi connectivity index (χ4n) is 1.25. The predicted octanol–water partition coefficient (Wildman–Crippen LogP) is 2.84. The summed E-state index contributed by atoms with van der Waals surface area (Å²) in [5.74, 6) is 0.791. The SMILES string of the molecule is C=C(Cl)COc1ccc(NC=[N+](C)C)c(C)c1. The molecule has 17 heavy (non-hydrogen) atoms. The fraction of sp³-hybridized carbons (Fsp3) is 0.308. The van der Waals surface area contributed by atoms with Crippen LogP contribution in [-0.2, 0) is 0 Å². The van der Waals surface area contributed by atoms with Gasteiger partial charge in [0.15, 0.2) is 0 Å². The molecule has 0 atom stereocenters. The number of hydrogen-bond donors (Lipinski definition) is 1. The van der Waals surface area contributed by atoms with Crippen LogP contribution in [0.5, 0.6) is 5.75 Å². The average Bonchev–Trinajstić information content (AvgIpc) is 2.24. The third-order valence-electron chi connectivity index (χ3n) is 2.07. The molecule has 1 aromatic rings. The van der Waals surface area contributed by atoms with Gasteiger partial charge >= 0.3 is 0 Å². The van der Waals surface area contributed by atoms with Crippen molar-refractivity contribution >= 4 is 23.6 Å². The van der Waals surface area contributed by atoms with E-state index >= 15 is 0 Å². The minimum Gasteiger partial charge on any atom is -0.488 e. The number of nitrogens with zero attached hydrogens (tertiary/aromatic N) is 1. The molecule has 1 aromatic carbocycles. The van der Waals surface area contributed by atoms with E-state index in [9.17, 15) is 0 Å². The molecule has 92 valence electrons. The first kappa shape index (κ1) is 13.6. The minimum atomic E-state index is 0.331. The zero-order valence-electron chi connectivity index (χ0n) is 10.5. The molecule has 0 heterocycles. The molecule has 0 aliphatic carbocycles. The van der Waals surface area contributed by atoms with Gasteiger partial charge in [-0.3, -0.25) is 4.58 Å². The predicted molar refractivity (Wildman–Crippen MR) is 73.5 cm³/mol. The summed E-state index contributed by atoms with van der Waals surface area (Å²) in [5.41, 5.74) is 2.16. The maximum atomic E-state index is 5.64. The molecule has 1 rings (SSSR count). The van der Waals surface area contributed by atoms with Crippen LogP contribution in [0.15, 0.2) is 29.8 Å². The van der Waals surface area contributed by atoms with Gasteiger partial charge in [0, 0.05) is 5.03 Å². The van der Waals surface area contributed by atoms with E-state index in [1.54, 1.807) is 0 Å². The summed E-state index contributed by atoms with van der Waals surface area (Å²) in [6.07, 6.45) is 1.89. The molecule has 0 aliphatic rings. The van der Waals surface area contributed by atoms with Crippen LogP contribution in [0.2, 0.25) is 0 Å². The van der Waals surface area contributed by atoms with Gasteiger partial charge in [0.2, 0.25) is 6.34 Å². The lowest BCUT2D eigenvalue weighted by Crippen LogP contribution is -2.08. The highest BCUT2D eigenvalue weighted by Gasteiger charge is 2.03. The van der Waals surface area contributed by atoms with E-state index in [4.69, 9.17) is 16.3 Å². The second-order valence-electron chi connectivity index (χ2n) is 4.02. The van der Waals surface area contributed by atoms with Crippen molar-refractivity contribution in [1.29, 1.82) is 0 Å². The molecule has 0 aromatic heterocycles. The molecule has 0 unspecified atom stereocenters. The Hall–Kier alpha value is -1.48. The van der Waals surface area contributed by atoms with E-state index in [1.807, 2.05) is 50.1 Å². The molecule has 1 N–H and O–H groups in total. The summed E-state index contributed by atoms with van der Waals surface area (Å²) in [5, 5.41) is 3.70. The van der Waals surface area contributed by atoms with Gasteiger partial charge in [-0.05, 0) is 30.7 Å². The number of anilines is 1. The Kier molecular flexibility index (Phi) is 5.04. The van der Waals surface area contributed by atoms with Gasteiger partial charge in [-0.1, -0.05) is 18.2 Å². The van der Waals surface area contributed by atoms with Crippen molar-refractivity contribution in [1.82, 2.24) is 0 Å². The Morgan fingerprint density at radius 2 is 2.24 bits per heavy atom. The van der Waals surface area contributed by atoms with Crippen LogP contribution >= 0.6 is 11.6 Å². The van der Waals surface area contributed by atoms with Crippen LogP contribution in [0.3, 0.4) is 0 Å². The third-order valence-corrected chi connectivity index (χ3v) is 2.18. The van der Waals surface area contributed by atoms with Crippen molar-refractivity contribution in [2.24, 2.45) is 0 Å². The maximum Gasteiger partial charge on any atom is 0.236 e. The molecule has 0 radical (unpaired) electrons. The maximum absolute atomic E-state index is 5.64. The summed E-state index contributed by atoms with van der Waals surface area (Å²) in [6, 6.07) is 5.84. The number of hydrogen-bond acceptors (Lipinski definition) is 1. The topological polar surface area (TPSA) is 24.3 Å². The zero-order chi connectivity index (χ0) is 12.8. The first-order chi connectivity index (χ1) is 7.99. The smallest absolute Gasteiger partial charge is 0.236 e. The van der Waals surface area contributed by atoms with Crippen LogP contribution < -0.4 is 10.1 Å². The molecule has 0 saturated carbocycles. The van der Waals surface area contributed by atoms with E-state index < -0.39 is 0 Å². The first-order valence-corrected chi connectivity index (χ1v) is 5.70. The van der Waals surface area contributed by atoms with Crippen molar-refractivity contribution in [2.75, 3.05) is 26.0 Å². The number of aryl methyl sites for hydroxylation is 1. The summed E-state index contributed by atoms with van der Waals surface area (Å²) in [7, 11) is 3.93. The fourth-order valence-corrected chi connectivity index (χ4v) is 1.30. The largest absolute Gasteiger partial charge is 0.488 e. The van der Waals surface area contributed by atoms with Crippen LogP contribution in [0.1, 0.15) is 5.56 Å². The minimum absolute atomic E-state index is 0.331. The molecule has 3 nitrogen and oxygen atoms in total. The number of rotatable bonds is 5. The number of nitrogens with one attached hydrogen (secondary N) is 1. The Bertz CT molecular complexity index is 437. The quantitative estimate of drug-likeness (QED) is 0.496. The van der Waals surface area contributed by atoms with Crippen molar-refractivity contribution in [3.63, 3.8) is 0 Å². The number of halogens is 1. The molecule has 0 aliphatic heterocycles. The third kappa shape index (κ3) is 4.91. The molecular weight excluding hydrogens is 236 g/mol. The summed E-state index contributed by atoms with van der Waals surface area (Å²) >= 11 is 5.64. The highest BCUT2D eigenvalue weighted by molar-refractivity contribution is 6.29. The normalized spacial score (nSPS) is 9.65. The Balaban J connectivity index is 2.72. The van der Waals surface area contributed by atoms with Crippen molar-refractivity contribution < 1.29 is 9.31 Å². The van der Waals surface area contributed by atoms with Crippen molar-refractivity contribution in [2.45, 2.75) is 6.92 Å². The second-order valence-corrected chi connectivity index (χ2v) is 4.55. The van der Waals surface area contributed by atoms with E-state index in [-0.39, 0.29) is 0 Å². The standard InChI is InChI=1S/C13H17ClN2O/c1-10-7-12(17-8-11(2)14)5-6-13(10)15-9-16(3)4/h5-7,9H,2,8H2,1,3-4H3/p+1. The highest BCUT2D eigenvalue weighted by atomic mass is 35.5. The molecule has 0 spiro atoms. The van der Waals surface area contributed by atoms with E-state index in [0.29, 0.717) is 11.6 Å². The van der Waals surface area contributed by atoms with E-state index in [1.165, 1.54) is 0 Å². The van der Waals surface area contributed by atoms with E-state index in [0.717, 1.165) is 17.0 Å². The molecule has 0 fully saturated rings. The van der Waals surface area contributed by atoms with Gasteiger partial charge in [0.05, 0.1) is 14.1 Å². The van der Waals surface area contributed by atoms with Gasteiger partial charge in [0.1, 0.15) is 18.0 Å². The summed E-state index contributed by atoms with van der Waals surface area (Å²) in [4.78, 5) is 0. The average molecular weight is 254 g/mol. The zero-order valence-corrected chi connectivity index (χ0v) is 11.2.